The van der Waals surface area contributed by atoms with Crippen LogP contribution in [-0.2, 0) is 26.2 Å². The van der Waals surface area contributed by atoms with E-state index in [9.17, 15) is 34.8 Å². The summed E-state index contributed by atoms with van der Waals surface area (Å²) in [5, 5.41) is 18.6. The molecule has 0 amide bonds. The van der Waals surface area contributed by atoms with Crippen LogP contribution in [0.15, 0.2) is 59.6 Å². The number of hydrogen-bond donors (Lipinski definition) is 3. The van der Waals surface area contributed by atoms with Crippen LogP contribution in [0.5, 0.6) is 5.75 Å². The second kappa shape index (κ2) is 14.4. The number of alkyl halides is 6. The number of halogens is 6. The summed E-state index contributed by atoms with van der Waals surface area (Å²) in [5.41, 5.74) is 1.73. The van der Waals surface area contributed by atoms with Gasteiger partial charge in [-0.15, -0.1) is 0 Å². The quantitative estimate of drug-likeness (QED) is 0.359. The molecule has 0 bridgehead atoms. The molecule has 2 aromatic carbocycles. The molecule has 1 aliphatic rings. The molecule has 1 aliphatic heterocycles. The predicted molar refractivity (Wildman–Crippen MR) is 138 cm³/mol. The molecule has 42 heavy (non-hydrogen) atoms. The number of hydrogen-bond acceptors (Lipinski definition) is 7. The predicted octanol–water partition coefficient (Wildman–Crippen LogP) is 3.95. The zero-order valence-corrected chi connectivity index (χ0v) is 22.8. The molecule has 2 heterocycles. The molecule has 3 N–H and O–H groups in total. The molecular weight excluding hydrogens is 600 g/mol. The summed E-state index contributed by atoms with van der Waals surface area (Å²) in [6, 6.07) is 14.2. The Hall–Kier alpha value is -3.83. The van der Waals surface area contributed by atoms with Gasteiger partial charge in [0.25, 0.3) is 10.0 Å². The summed E-state index contributed by atoms with van der Waals surface area (Å²) in [4.78, 5) is 20.5. The van der Waals surface area contributed by atoms with Crippen molar-refractivity contribution in [2.24, 2.45) is 0 Å². The number of carboxylic acid groups (broad SMARTS) is 2. The third kappa shape index (κ3) is 9.63. The SMILES string of the molecule is COc1cc(CN2CCCNCC2)c2ccn(S(=O)(=O)c3ccccc3)c2c1.O=C(O)C(F)(F)F.O=C(O)C(F)(F)F. The molecule has 1 fully saturated rings. The van der Waals surface area contributed by atoms with E-state index in [0.29, 0.717) is 11.3 Å². The summed E-state index contributed by atoms with van der Waals surface area (Å²) in [6.45, 7) is 4.77. The highest BCUT2D eigenvalue weighted by Gasteiger charge is 2.38. The molecular formula is C25H27F6N3O7S. The first-order chi connectivity index (χ1) is 19.5. The van der Waals surface area contributed by atoms with Crippen LogP contribution in [0, 0.1) is 0 Å². The summed E-state index contributed by atoms with van der Waals surface area (Å²) in [5.74, 6) is -4.85. The molecule has 10 nitrogen and oxygen atoms in total. The molecule has 17 heteroatoms. The minimum absolute atomic E-state index is 0.274. The molecule has 232 valence electrons. The zero-order valence-electron chi connectivity index (χ0n) is 21.9. The average molecular weight is 628 g/mol. The van der Waals surface area contributed by atoms with E-state index >= 15 is 0 Å². The van der Waals surface area contributed by atoms with Crippen LogP contribution in [0.2, 0.25) is 0 Å². The first kappa shape index (κ1) is 34.4. The first-order valence-electron chi connectivity index (χ1n) is 12.0. The maximum absolute atomic E-state index is 13.2. The van der Waals surface area contributed by atoms with E-state index in [-0.39, 0.29) is 4.90 Å². The monoisotopic (exact) mass is 627 g/mol. The van der Waals surface area contributed by atoms with E-state index in [0.717, 1.165) is 50.1 Å². The van der Waals surface area contributed by atoms with Gasteiger partial charge in [-0.2, -0.15) is 26.3 Å². The lowest BCUT2D eigenvalue weighted by Crippen LogP contribution is -2.27. The van der Waals surface area contributed by atoms with Gasteiger partial charge >= 0.3 is 24.3 Å². The summed E-state index contributed by atoms with van der Waals surface area (Å²) in [7, 11) is -2.05. The van der Waals surface area contributed by atoms with Crippen LogP contribution in [0.4, 0.5) is 26.3 Å². The van der Waals surface area contributed by atoms with Crippen molar-refractivity contribution in [1.29, 1.82) is 0 Å². The van der Waals surface area contributed by atoms with Gasteiger partial charge in [-0.1, -0.05) is 18.2 Å². The average Bonchev–Trinajstić information content (AvgIpc) is 3.19. The van der Waals surface area contributed by atoms with E-state index in [1.807, 2.05) is 18.2 Å². The maximum atomic E-state index is 13.2. The number of fused-ring (bicyclic) bond motifs is 1. The molecule has 0 unspecified atom stereocenters. The number of carbonyl (C=O) groups is 2. The summed E-state index contributed by atoms with van der Waals surface area (Å²) < 4.78 is 96.6. The number of aliphatic carboxylic acids is 2. The maximum Gasteiger partial charge on any atom is 0.490 e. The molecule has 4 rings (SSSR count). The van der Waals surface area contributed by atoms with E-state index < -0.39 is 34.3 Å². The van der Waals surface area contributed by atoms with Gasteiger partial charge in [0, 0.05) is 37.3 Å². The number of nitrogens with zero attached hydrogens (tertiary/aromatic N) is 2. The van der Waals surface area contributed by atoms with Crippen molar-refractivity contribution >= 4 is 32.9 Å². The van der Waals surface area contributed by atoms with Gasteiger partial charge in [0.05, 0.1) is 17.5 Å². The fourth-order valence-electron chi connectivity index (χ4n) is 3.73. The molecule has 0 atom stereocenters. The van der Waals surface area contributed by atoms with E-state index in [2.05, 4.69) is 10.2 Å². The van der Waals surface area contributed by atoms with Crippen LogP contribution in [0.25, 0.3) is 10.9 Å². The normalized spacial score (nSPS) is 14.5. The smallest absolute Gasteiger partial charge is 0.490 e. The molecule has 1 saturated heterocycles. The van der Waals surface area contributed by atoms with Crippen LogP contribution in [0.1, 0.15) is 12.0 Å². The Labute approximate surface area is 236 Å². The highest BCUT2D eigenvalue weighted by atomic mass is 32.2. The van der Waals surface area contributed by atoms with Gasteiger partial charge in [-0.3, -0.25) is 4.90 Å². The van der Waals surface area contributed by atoms with Gasteiger partial charge in [0.2, 0.25) is 0 Å². The minimum atomic E-state index is -5.08. The standard InChI is InChI=1S/C21H25N3O3S.2C2HF3O2/c1-27-18-14-17(16-23-11-5-9-22-10-13-23)20-8-12-24(21(20)15-18)28(25,26)19-6-3-2-4-7-19;2*3-2(4,5)1(6)7/h2-4,6-8,12,14-15,22H,5,9-11,13,16H2,1H3;2*(H,6,7). The van der Waals surface area contributed by atoms with Crippen molar-refractivity contribution in [3.8, 4) is 5.75 Å². The molecule has 0 saturated carbocycles. The lowest BCUT2D eigenvalue weighted by molar-refractivity contribution is -0.193. The van der Waals surface area contributed by atoms with Gasteiger partial charge in [-0.25, -0.2) is 22.0 Å². The number of benzene rings is 2. The summed E-state index contributed by atoms with van der Waals surface area (Å²) in [6.07, 6.45) is -7.42. The van der Waals surface area contributed by atoms with Crippen molar-refractivity contribution in [3.63, 3.8) is 0 Å². The molecule has 0 radical (unpaired) electrons. The third-order valence-corrected chi connectivity index (χ3v) is 7.38. The Morgan fingerprint density at radius 2 is 1.50 bits per heavy atom. The number of carboxylic acids is 2. The number of nitrogens with one attached hydrogen (secondary N) is 1. The van der Waals surface area contributed by atoms with Crippen molar-refractivity contribution in [3.05, 3.63) is 60.3 Å². The highest BCUT2D eigenvalue weighted by Crippen LogP contribution is 2.30. The largest absolute Gasteiger partial charge is 0.497 e. The number of ether oxygens (including phenoxy) is 1. The van der Waals surface area contributed by atoms with E-state index in [1.165, 1.54) is 3.97 Å². The Balaban J connectivity index is 0.000000367. The molecule has 0 aliphatic carbocycles. The number of aromatic nitrogens is 1. The fraction of sp³-hybridized carbons (Fsp3) is 0.360. The van der Waals surface area contributed by atoms with Crippen LogP contribution in [-0.4, -0.2) is 85.1 Å². The third-order valence-electron chi connectivity index (χ3n) is 5.68. The van der Waals surface area contributed by atoms with Gasteiger partial charge in [0.1, 0.15) is 5.75 Å². The van der Waals surface area contributed by atoms with Crippen LogP contribution in [0.3, 0.4) is 0 Å². The van der Waals surface area contributed by atoms with Crippen molar-refractivity contribution < 1.29 is 59.3 Å². The van der Waals surface area contributed by atoms with Gasteiger partial charge in [0.15, 0.2) is 0 Å². The minimum Gasteiger partial charge on any atom is -0.497 e. The summed E-state index contributed by atoms with van der Waals surface area (Å²) >= 11 is 0. The second-order valence-electron chi connectivity index (χ2n) is 8.63. The molecule has 0 spiro atoms. The zero-order chi connectivity index (χ0) is 31.7. The van der Waals surface area contributed by atoms with Gasteiger partial charge in [-0.05, 0) is 49.3 Å². The first-order valence-corrected chi connectivity index (χ1v) is 13.4. The molecule has 1 aromatic heterocycles. The number of rotatable bonds is 5. The van der Waals surface area contributed by atoms with E-state index in [1.54, 1.807) is 43.6 Å². The van der Waals surface area contributed by atoms with Gasteiger partial charge < -0.3 is 20.3 Å². The van der Waals surface area contributed by atoms with E-state index in [4.69, 9.17) is 24.5 Å². The van der Waals surface area contributed by atoms with Crippen LogP contribution >= 0.6 is 0 Å². The Morgan fingerprint density at radius 3 is 2.02 bits per heavy atom. The lowest BCUT2D eigenvalue weighted by Gasteiger charge is -2.20. The second-order valence-corrected chi connectivity index (χ2v) is 10.4. The Morgan fingerprint density at radius 1 is 0.929 bits per heavy atom. The van der Waals surface area contributed by atoms with Crippen molar-refractivity contribution in [2.45, 2.75) is 30.2 Å². The fourth-order valence-corrected chi connectivity index (χ4v) is 5.09. The Kier molecular flexibility index (Phi) is 11.8. The highest BCUT2D eigenvalue weighted by molar-refractivity contribution is 7.90. The van der Waals surface area contributed by atoms with Crippen LogP contribution < -0.4 is 10.1 Å². The van der Waals surface area contributed by atoms with Crippen molar-refractivity contribution in [2.75, 3.05) is 33.3 Å². The topological polar surface area (TPSA) is 138 Å². The lowest BCUT2D eigenvalue weighted by atomic mass is 10.1. The number of methoxy groups -OCH3 is 1. The van der Waals surface area contributed by atoms with Crippen molar-refractivity contribution in [1.82, 2.24) is 14.2 Å². The Bertz CT molecular complexity index is 1430. The molecule has 3 aromatic rings.